The van der Waals surface area contributed by atoms with Crippen LogP contribution >= 0.6 is 0 Å². The molecular formula is C26H46N4O5S. The van der Waals surface area contributed by atoms with Gasteiger partial charge in [-0.25, -0.2) is 8.42 Å². The number of hydrogen-bond donors (Lipinski definition) is 1. The zero-order chi connectivity index (χ0) is 26.9. The van der Waals surface area contributed by atoms with Gasteiger partial charge in [0.15, 0.2) is 0 Å². The van der Waals surface area contributed by atoms with E-state index in [0.717, 1.165) is 45.3 Å². The van der Waals surface area contributed by atoms with Gasteiger partial charge in [0.2, 0.25) is 15.9 Å². The molecule has 0 saturated heterocycles. The number of amides is 1. The number of methoxy groups -OCH3 is 1. The van der Waals surface area contributed by atoms with Crippen molar-refractivity contribution in [3.63, 3.8) is 0 Å². The summed E-state index contributed by atoms with van der Waals surface area (Å²) in [4.78, 5) is 16.7. The van der Waals surface area contributed by atoms with Gasteiger partial charge in [0.1, 0.15) is 12.4 Å². The molecule has 0 atom stereocenters. The molecule has 1 saturated carbocycles. The predicted octanol–water partition coefficient (Wildman–Crippen LogP) is 2.12. The quantitative estimate of drug-likeness (QED) is 0.371. The van der Waals surface area contributed by atoms with Gasteiger partial charge in [-0.15, -0.1) is 0 Å². The summed E-state index contributed by atoms with van der Waals surface area (Å²) in [7, 11) is 5.39. The van der Waals surface area contributed by atoms with Crippen LogP contribution in [0.15, 0.2) is 17.0 Å². The van der Waals surface area contributed by atoms with Crippen LogP contribution in [-0.4, -0.2) is 109 Å². The summed E-state index contributed by atoms with van der Waals surface area (Å²) in [6.07, 6.45) is 4.52. The number of hydrogen-bond acceptors (Lipinski definition) is 7. The van der Waals surface area contributed by atoms with Crippen molar-refractivity contribution in [1.82, 2.24) is 19.4 Å². The van der Waals surface area contributed by atoms with Crippen LogP contribution in [0.5, 0.6) is 5.75 Å². The molecule has 9 nitrogen and oxygen atoms in total. The summed E-state index contributed by atoms with van der Waals surface area (Å²) in [5, 5.41) is 3.63. The minimum atomic E-state index is -3.68. The molecule has 1 aromatic carbocycles. The van der Waals surface area contributed by atoms with E-state index in [9.17, 15) is 13.2 Å². The van der Waals surface area contributed by atoms with Gasteiger partial charge in [0.05, 0.1) is 18.6 Å². The Morgan fingerprint density at radius 1 is 1.03 bits per heavy atom. The van der Waals surface area contributed by atoms with Crippen LogP contribution in [-0.2, 0) is 19.6 Å². The predicted molar refractivity (Wildman–Crippen MR) is 143 cm³/mol. The molecule has 1 aromatic rings. The number of benzene rings is 1. The minimum Gasteiger partial charge on any atom is -0.497 e. The number of nitrogens with zero attached hydrogens (tertiary/aromatic N) is 3. The van der Waals surface area contributed by atoms with Crippen LogP contribution in [0.3, 0.4) is 0 Å². The third-order valence-electron chi connectivity index (χ3n) is 6.91. The molecule has 0 bridgehead atoms. The van der Waals surface area contributed by atoms with Crippen molar-refractivity contribution in [2.24, 2.45) is 5.92 Å². The van der Waals surface area contributed by atoms with Crippen molar-refractivity contribution in [3.8, 4) is 5.75 Å². The van der Waals surface area contributed by atoms with E-state index in [4.69, 9.17) is 9.47 Å². The number of sulfonamides is 1. The van der Waals surface area contributed by atoms with E-state index in [-0.39, 0.29) is 30.6 Å². The molecule has 0 radical (unpaired) electrons. The lowest BCUT2D eigenvalue weighted by Crippen LogP contribution is -2.40. The second-order valence-corrected chi connectivity index (χ2v) is 12.2. The van der Waals surface area contributed by atoms with Gasteiger partial charge in [-0.2, -0.15) is 4.31 Å². The Balaban J connectivity index is 1.72. The van der Waals surface area contributed by atoms with Gasteiger partial charge in [-0.05, 0) is 82.8 Å². The maximum absolute atomic E-state index is 13.1. The Kier molecular flexibility index (Phi) is 12.1. The molecule has 1 N–H and O–H groups in total. The number of rotatable bonds is 14. The van der Waals surface area contributed by atoms with E-state index in [1.54, 1.807) is 38.0 Å². The average Bonchev–Trinajstić information content (AvgIpc) is 2.81. The van der Waals surface area contributed by atoms with E-state index in [1.165, 1.54) is 11.4 Å². The molecule has 0 spiro atoms. The van der Waals surface area contributed by atoms with Gasteiger partial charge < -0.3 is 24.6 Å². The molecular weight excluding hydrogens is 480 g/mol. The molecule has 206 valence electrons. The highest BCUT2D eigenvalue weighted by molar-refractivity contribution is 7.89. The number of aryl methyl sites for hydroxylation is 2. The van der Waals surface area contributed by atoms with Gasteiger partial charge in [-0.1, -0.05) is 0 Å². The van der Waals surface area contributed by atoms with Crippen LogP contribution < -0.4 is 10.1 Å². The summed E-state index contributed by atoms with van der Waals surface area (Å²) in [6, 6.07) is 4.00. The zero-order valence-corrected chi connectivity index (χ0v) is 24.0. The van der Waals surface area contributed by atoms with Gasteiger partial charge in [0.25, 0.3) is 0 Å². The molecule has 0 heterocycles. The number of ether oxygens (including phenoxy) is 2. The Morgan fingerprint density at radius 2 is 1.64 bits per heavy atom. The summed E-state index contributed by atoms with van der Waals surface area (Å²) in [6.45, 7) is 6.56. The Bertz CT molecular complexity index is 923. The SMILES string of the molecule is COc1cc(C)c(S(=O)(=O)N(C)CCOCC(=O)N(C)C[C@H]2CC[C@H](NCCN(C)C)CC2)c(C)c1. The maximum Gasteiger partial charge on any atom is 0.248 e. The van der Waals surface area contributed by atoms with Crippen molar-refractivity contribution in [3.05, 3.63) is 23.3 Å². The third-order valence-corrected chi connectivity index (χ3v) is 9.07. The van der Waals surface area contributed by atoms with Crippen molar-refractivity contribution in [1.29, 1.82) is 0 Å². The average molecular weight is 527 g/mol. The molecule has 36 heavy (non-hydrogen) atoms. The number of nitrogens with one attached hydrogen (secondary N) is 1. The third kappa shape index (κ3) is 8.99. The number of likely N-dealkylation sites (N-methyl/N-ethyl adjacent to an activating group) is 3. The molecule has 0 aromatic heterocycles. The van der Waals surface area contributed by atoms with Gasteiger partial charge >= 0.3 is 0 Å². The maximum atomic E-state index is 13.1. The monoisotopic (exact) mass is 526 g/mol. The van der Waals surface area contributed by atoms with Crippen molar-refractivity contribution in [2.75, 3.05) is 74.7 Å². The van der Waals surface area contributed by atoms with E-state index < -0.39 is 10.0 Å². The van der Waals surface area contributed by atoms with Crippen molar-refractivity contribution < 1.29 is 22.7 Å². The van der Waals surface area contributed by atoms with Crippen LogP contribution in [0.2, 0.25) is 0 Å². The van der Waals surface area contributed by atoms with E-state index >= 15 is 0 Å². The highest BCUT2D eigenvalue weighted by Crippen LogP contribution is 2.28. The lowest BCUT2D eigenvalue weighted by Gasteiger charge is -2.32. The Morgan fingerprint density at radius 3 is 2.19 bits per heavy atom. The normalized spacial score (nSPS) is 18.6. The molecule has 1 aliphatic carbocycles. The molecule has 10 heteroatoms. The Labute approximate surface area is 218 Å². The second-order valence-electron chi connectivity index (χ2n) is 10.2. The van der Waals surface area contributed by atoms with E-state index in [2.05, 4.69) is 24.3 Å². The second kappa shape index (κ2) is 14.3. The van der Waals surface area contributed by atoms with Gasteiger partial charge in [-0.3, -0.25) is 4.79 Å². The van der Waals surface area contributed by atoms with Gasteiger partial charge in [0, 0.05) is 46.3 Å². The first kappa shape index (κ1) is 30.5. The fourth-order valence-electron chi connectivity index (χ4n) is 4.70. The van der Waals surface area contributed by atoms with Crippen molar-refractivity contribution >= 4 is 15.9 Å². The molecule has 1 fully saturated rings. The zero-order valence-electron chi connectivity index (χ0n) is 23.2. The molecule has 1 aliphatic rings. The molecule has 0 aliphatic heterocycles. The highest BCUT2D eigenvalue weighted by Gasteiger charge is 2.26. The molecule has 2 rings (SSSR count). The van der Waals surface area contributed by atoms with Crippen LogP contribution in [0.4, 0.5) is 0 Å². The number of carbonyl (C=O) groups is 1. The van der Waals surface area contributed by atoms with Crippen molar-refractivity contribution in [2.45, 2.75) is 50.5 Å². The lowest BCUT2D eigenvalue weighted by atomic mass is 9.85. The van der Waals surface area contributed by atoms with E-state index in [1.807, 2.05) is 7.05 Å². The van der Waals surface area contributed by atoms with E-state index in [0.29, 0.717) is 28.8 Å². The van der Waals surface area contributed by atoms with Crippen LogP contribution in [0.1, 0.15) is 36.8 Å². The highest BCUT2D eigenvalue weighted by atomic mass is 32.2. The minimum absolute atomic E-state index is 0.0492. The standard InChI is InChI=1S/C26H46N4O5S/c1-20-16-24(34-7)17-21(2)26(20)36(32,33)30(6)14-15-35-19-25(31)29(5)18-22-8-10-23(11-9-22)27-12-13-28(3)4/h16-17,22-23,27H,8-15,18-19H2,1-7H3/t22-,23-. The summed E-state index contributed by atoms with van der Waals surface area (Å²) < 4.78 is 38.2. The topological polar surface area (TPSA) is 91.4 Å². The fraction of sp³-hybridized carbons (Fsp3) is 0.731. The molecule has 0 unspecified atom stereocenters. The summed E-state index contributed by atoms with van der Waals surface area (Å²) in [5.41, 5.74) is 1.27. The van der Waals surface area contributed by atoms with Crippen LogP contribution in [0, 0.1) is 19.8 Å². The fourth-order valence-corrected chi connectivity index (χ4v) is 6.26. The van der Waals surface area contributed by atoms with Crippen LogP contribution in [0.25, 0.3) is 0 Å². The molecule has 1 amide bonds. The summed E-state index contributed by atoms with van der Waals surface area (Å²) >= 11 is 0. The smallest absolute Gasteiger partial charge is 0.248 e. The Hall–Kier alpha value is -1.72. The summed E-state index contributed by atoms with van der Waals surface area (Å²) in [5.74, 6) is 1.06. The largest absolute Gasteiger partial charge is 0.497 e. The first-order valence-electron chi connectivity index (χ1n) is 12.8. The lowest BCUT2D eigenvalue weighted by molar-refractivity contribution is -0.135. The first-order chi connectivity index (χ1) is 16.9. The first-order valence-corrected chi connectivity index (χ1v) is 14.2. The number of carbonyl (C=O) groups excluding carboxylic acids is 1.